The van der Waals surface area contributed by atoms with E-state index >= 15 is 0 Å². The molecule has 1 aliphatic rings. The Morgan fingerprint density at radius 3 is 2.67 bits per heavy atom. The second-order valence-electron chi connectivity index (χ2n) is 9.25. The summed E-state index contributed by atoms with van der Waals surface area (Å²) in [4.78, 5) is 20.2. The van der Waals surface area contributed by atoms with Gasteiger partial charge in [-0.2, -0.15) is 4.39 Å². The second kappa shape index (κ2) is 10.0. The number of aromatic nitrogens is 2. The summed E-state index contributed by atoms with van der Waals surface area (Å²) in [6.45, 7) is 0.517. The van der Waals surface area contributed by atoms with E-state index in [0.29, 0.717) is 35.1 Å². The molecule has 0 saturated heterocycles. The largest absolute Gasteiger partial charge is 0.494 e. The molecular weight excluding hydrogens is 467 g/mol. The number of rotatable bonds is 6. The molecule has 1 amide bonds. The Kier molecular flexibility index (Phi) is 6.67. The molecule has 0 radical (unpaired) electrons. The number of methoxy groups -OCH3 is 1. The monoisotopic (exact) mass is 493 g/mol. The van der Waals surface area contributed by atoms with Gasteiger partial charge in [-0.1, -0.05) is 0 Å². The smallest absolute Gasteiger partial charge is 0.253 e. The number of fused-ring (bicyclic) bond motifs is 1. The van der Waals surface area contributed by atoms with E-state index in [1.807, 2.05) is 6.07 Å². The van der Waals surface area contributed by atoms with E-state index in [1.165, 1.54) is 19.2 Å². The highest BCUT2D eigenvalue weighted by atomic mass is 19.2. The fraction of sp³-hybridized carbons (Fsp3) is 0.286. The van der Waals surface area contributed by atoms with E-state index < -0.39 is 11.6 Å². The summed E-state index contributed by atoms with van der Waals surface area (Å²) in [5.74, 6) is -2.24. The van der Waals surface area contributed by atoms with Crippen molar-refractivity contribution in [1.82, 2.24) is 15.3 Å². The normalized spacial score (nSPS) is 17.8. The van der Waals surface area contributed by atoms with Crippen LogP contribution in [0.4, 0.5) is 13.2 Å². The van der Waals surface area contributed by atoms with Crippen LogP contribution in [0.15, 0.2) is 55.0 Å². The molecule has 36 heavy (non-hydrogen) atoms. The maximum atomic E-state index is 14.0. The van der Waals surface area contributed by atoms with Crippen LogP contribution in [0.5, 0.6) is 5.75 Å². The third-order valence-electron chi connectivity index (χ3n) is 7.09. The number of carbonyl (C=O) groups excluding carboxylic acids is 1. The van der Waals surface area contributed by atoms with Crippen LogP contribution in [-0.2, 0) is 0 Å². The number of hydrogen-bond acceptors (Lipinski definition) is 3. The maximum absolute atomic E-state index is 14.0. The van der Waals surface area contributed by atoms with Crippen LogP contribution >= 0.6 is 0 Å². The number of nitrogens with one attached hydrogen (secondary N) is 2. The summed E-state index contributed by atoms with van der Waals surface area (Å²) in [5, 5.41) is 3.86. The topological polar surface area (TPSA) is 67.0 Å². The molecule has 0 aliphatic heterocycles. The average Bonchev–Trinajstić information content (AvgIpc) is 3.39. The Hall–Kier alpha value is -3.81. The lowest BCUT2D eigenvalue weighted by molar-refractivity contribution is 0.0943. The quantitative estimate of drug-likeness (QED) is 0.329. The summed E-state index contributed by atoms with van der Waals surface area (Å²) in [6, 6.07) is 9.09. The highest BCUT2D eigenvalue weighted by molar-refractivity contribution is 6.00. The molecule has 0 bridgehead atoms. The number of H-pyrrole nitrogens is 1. The van der Waals surface area contributed by atoms with Crippen LogP contribution in [-0.4, -0.2) is 29.5 Å². The zero-order valence-electron chi connectivity index (χ0n) is 19.8. The van der Waals surface area contributed by atoms with Gasteiger partial charge in [0.2, 0.25) is 5.82 Å². The Morgan fingerprint density at radius 2 is 1.89 bits per heavy atom. The molecule has 186 valence electrons. The summed E-state index contributed by atoms with van der Waals surface area (Å²) in [5.41, 5.74) is 3.08. The number of nitrogens with zero attached hydrogens (tertiary/aromatic N) is 1. The fourth-order valence-corrected chi connectivity index (χ4v) is 5.16. The summed E-state index contributed by atoms with van der Waals surface area (Å²) in [6.07, 6.45) is 8.66. The van der Waals surface area contributed by atoms with Crippen LogP contribution in [0.3, 0.4) is 0 Å². The lowest BCUT2D eigenvalue weighted by Gasteiger charge is -2.29. The molecule has 0 atom stereocenters. The number of pyridine rings is 1. The van der Waals surface area contributed by atoms with Gasteiger partial charge in [-0.05, 0) is 85.0 Å². The first kappa shape index (κ1) is 23.9. The number of halogens is 3. The number of amides is 1. The molecule has 1 saturated carbocycles. The molecule has 5 nitrogen and oxygen atoms in total. The minimum absolute atomic E-state index is 0.223. The standard InChI is InChI=1S/C28H26F3N3O2/c1-36-26-11-18(10-24(30)27(26)31)22-14-32-15-23(22)28(35)34-13-16-2-4-17(5-3-16)20-8-9-33-25-7-6-19(29)12-21(20)25/h6-12,14-17,32H,2-5,13H2,1H3,(H,34,35). The summed E-state index contributed by atoms with van der Waals surface area (Å²) in [7, 11) is 1.26. The zero-order valence-corrected chi connectivity index (χ0v) is 19.8. The maximum Gasteiger partial charge on any atom is 0.253 e. The molecule has 1 fully saturated rings. The van der Waals surface area contributed by atoms with E-state index in [-0.39, 0.29) is 17.5 Å². The molecule has 2 aromatic carbocycles. The van der Waals surface area contributed by atoms with Crippen molar-refractivity contribution >= 4 is 16.8 Å². The fourth-order valence-electron chi connectivity index (χ4n) is 5.16. The number of carbonyl (C=O) groups is 1. The predicted octanol–water partition coefficient (Wildman–Crippen LogP) is 6.36. The third-order valence-corrected chi connectivity index (χ3v) is 7.09. The minimum atomic E-state index is -1.07. The third kappa shape index (κ3) is 4.67. The van der Waals surface area contributed by atoms with Gasteiger partial charge in [0.1, 0.15) is 5.82 Å². The van der Waals surface area contributed by atoms with E-state index in [9.17, 15) is 18.0 Å². The molecule has 1 aliphatic carbocycles. The van der Waals surface area contributed by atoms with Crippen LogP contribution in [0, 0.1) is 23.4 Å². The van der Waals surface area contributed by atoms with Gasteiger partial charge in [-0.3, -0.25) is 9.78 Å². The second-order valence-corrected chi connectivity index (χ2v) is 9.25. The van der Waals surface area contributed by atoms with Gasteiger partial charge < -0.3 is 15.0 Å². The highest BCUT2D eigenvalue weighted by Crippen LogP contribution is 2.38. The van der Waals surface area contributed by atoms with Crippen molar-refractivity contribution < 1.29 is 22.7 Å². The molecule has 4 aromatic rings. The van der Waals surface area contributed by atoms with Crippen molar-refractivity contribution in [3.63, 3.8) is 0 Å². The zero-order chi connectivity index (χ0) is 25.2. The summed E-state index contributed by atoms with van der Waals surface area (Å²) < 4.78 is 46.6. The van der Waals surface area contributed by atoms with Gasteiger partial charge in [0.05, 0.1) is 18.2 Å². The van der Waals surface area contributed by atoms with E-state index in [0.717, 1.165) is 48.2 Å². The molecule has 0 spiro atoms. The highest BCUT2D eigenvalue weighted by Gasteiger charge is 2.25. The molecule has 0 unspecified atom stereocenters. The Bertz CT molecular complexity index is 1410. The molecule has 2 aromatic heterocycles. The van der Waals surface area contributed by atoms with Crippen molar-refractivity contribution in [2.75, 3.05) is 13.7 Å². The molecule has 5 rings (SSSR count). The molecule has 2 N–H and O–H groups in total. The van der Waals surface area contributed by atoms with E-state index in [4.69, 9.17) is 4.74 Å². The SMILES string of the molecule is COc1cc(-c2c[nH]cc2C(=O)NCC2CCC(c3ccnc4ccc(F)cc34)CC2)cc(F)c1F. The van der Waals surface area contributed by atoms with Crippen molar-refractivity contribution in [2.45, 2.75) is 31.6 Å². The van der Waals surface area contributed by atoms with Crippen LogP contribution in [0.2, 0.25) is 0 Å². The number of aromatic amines is 1. The van der Waals surface area contributed by atoms with E-state index in [2.05, 4.69) is 15.3 Å². The molecule has 8 heteroatoms. The van der Waals surface area contributed by atoms with Crippen molar-refractivity contribution in [3.05, 3.63) is 83.6 Å². The number of hydrogen-bond donors (Lipinski definition) is 2. The molecule has 2 heterocycles. The number of ether oxygens (including phenoxy) is 1. The number of benzene rings is 2. The first-order chi connectivity index (χ1) is 17.4. The van der Waals surface area contributed by atoms with Crippen molar-refractivity contribution in [1.29, 1.82) is 0 Å². The van der Waals surface area contributed by atoms with Gasteiger partial charge in [0.15, 0.2) is 11.6 Å². The van der Waals surface area contributed by atoms with Gasteiger partial charge in [0.25, 0.3) is 5.91 Å². The Labute approximate surface area is 206 Å². The average molecular weight is 494 g/mol. The van der Waals surface area contributed by atoms with Gasteiger partial charge in [-0.15, -0.1) is 0 Å². The predicted molar refractivity (Wildman–Crippen MR) is 131 cm³/mol. The van der Waals surface area contributed by atoms with Crippen LogP contribution < -0.4 is 10.1 Å². The molecular formula is C28H26F3N3O2. The van der Waals surface area contributed by atoms with Crippen LogP contribution in [0.1, 0.15) is 47.5 Å². The Morgan fingerprint density at radius 1 is 1.08 bits per heavy atom. The van der Waals surface area contributed by atoms with E-state index in [1.54, 1.807) is 30.7 Å². The van der Waals surface area contributed by atoms with Crippen molar-refractivity contribution in [2.24, 2.45) is 5.92 Å². The van der Waals surface area contributed by atoms with Gasteiger partial charge >= 0.3 is 0 Å². The summed E-state index contributed by atoms with van der Waals surface area (Å²) >= 11 is 0. The van der Waals surface area contributed by atoms with Gasteiger partial charge in [0, 0.05) is 36.1 Å². The minimum Gasteiger partial charge on any atom is -0.494 e. The van der Waals surface area contributed by atoms with Crippen molar-refractivity contribution in [3.8, 4) is 16.9 Å². The lowest BCUT2D eigenvalue weighted by atomic mass is 9.78. The first-order valence-electron chi connectivity index (χ1n) is 12.0. The van der Waals surface area contributed by atoms with Crippen LogP contribution in [0.25, 0.3) is 22.0 Å². The van der Waals surface area contributed by atoms with Gasteiger partial charge in [-0.25, -0.2) is 8.78 Å². The Balaban J connectivity index is 1.22. The lowest BCUT2D eigenvalue weighted by Crippen LogP contribution is -2.31. The first-order valence-corrected chi connectivity index (χ1v) is 12.0.